The Labute approximate surface area is 77.9 Å². The molecule has 0 bridgehead atoms. The van der Waals surface area contributed by atoms with Crippen molar-refractivity contribution in [2.24, 2.45) is 11.1 Å². The third-order valence-corrected chi connectivity index (χ3v) is 2.07. The Balaban J connectivity index is 2.65. The summed E-state index contributed by atoms with van der Waals surface area (Å²) in [4.78, 5) is 16.5. The quantitative estimate of drug-likeness (QED) is 0.623. The van der Waals surface area contributed by atoms with Gasteiger partial charge in [0.1, 0.15) is 12.0 Å². The third-order valence-electron chi connectivity index (χ3n) is 2.07. The van der Waals surface area contributed by atoms with Gasteiger partial charge in [-0.3, -0.25) is 4.79 Å². The molecule has 0 radical (unpaired) electrons. The van der Waals surface area contributed by atoms with E-state index in [0.717, 1.165) is 12.1 Å². The number of rotatable bonds is 3. The molecule has 0 saturated heterocycles. The van der Waals surface area contributed by atoms with E-state index < -0.39 is 0 Å². The summed E-state index contributed by atoms with van der Waals surface area (Å²) in [5.41, 5.74) is 0.783. The van der Waals surface area contributed by atoms with Gasteiger partial charge in [0, 0.05) is 0 Å². The Morgan fingerprint density at radius 2 is 2.31 bits per heavy atom. The van der Waals surface area contributed by atoms with Gasteiger partial charge in [-0.2, -0.15) is 0 Å². The van der Waals surface area contributed by atoms with Crippen molar-refractivity contribution in [3.05, 3.63) is 0 Å². The summed E-state index contributed by atoms with van der Waals surface area (Å²) in [7, 11) is 0. The van der Waals surface area contributed by atoms with Gasteiger partial charge in [0.2, 0.25) is 0 Å². The number of oxime groups is 1. The molecule has 0 aromatic heterocycles. The Bertz CT molecular complexity index is 225. The molecule has 2 unspecified atom stereocenters. The molecule has 0 aromatic carbocycles. The van der Waals surface area contributed by atoms with Crippen LogP contribution in [0.1, 0.15) is 27.2 Å². The van der Waals surface area contributed by atoms with Crippen LogP contribution < -0.4 is 0 Å². The predicted octanol–water partition coefficient (Wildman–Crippen LogP) is 1.35. The van der Waals surface area contributed by atoms with Crippen LogP contribution in [0.2, 0.25) is 0 Å². The highest BCUT2D eigenvalue weighted by Gasteiger charge is 2.36. The van der Waals surface area contributed by atoms with E-state index in [2.05, 4.69) is 5.16 Å². The lowest BCUT2D eigenvalue weighted by Gasteiger charge is -2.12. The van der Waals surface area contributed by atoms with Crippen LogP contribution in [0.25, 0.3) is 0 Å². The lowest BCUT2D eigenvalue weighted by molar-refractivity contribution is -0.148. The van der Waals surface area contributed by atoms with E-state index in [1.165, 1.54) is 0 Å². The van der Waals surface area contributed by atoms with Crippen LogP contribution in [0.3, 0.4) is 0 Å². The second-order valence-electron chi connectivity index (χ2n) is 2.98. The van der Waals surface area contributed by atoms with E-state index in [1.807, 2.05) is 13.8 Å². The summed E-state index contributed by atoms with van der Waals surface area (Å²) >= 11 is 0. The summed E-state index contributed by atoms with van der Waals surface area (Å²) in [5, 5.41) is 3.84. The standard InChI is InChI=1S/C9H15NO3/c1-4-7-8(6(3)13-10-7)9(11)12-5-2/h6,8H,4-5H2,1-3H3. The van der Waals surface area contributed by atoms with Crippen molar-refractivity contribution in [3.63, 3.8) is 0 Å². The maximum absolute atomic E-state index is 11.4. The lowest BCUT2D eigenvalue weighted by atomic mass is 9.97. The molecule has 4 nitrogen and oxygen atoms in total. The molecular formula is C9H15NO3. The van der Waals surface area contributed by atoms with E-state index in [1.54, 1.807) is 6.92 Å². The number of esters is 1. The number of ether oxygens (including phenoxy) is 1. The molecule has 0 spiro atoms. The molecule has 0 saturated carbocycles. The maximum atomic E-state index is 11.4. The van der Waals surface area contributed by atoms with Gasteiger partial charge >= 0.3 is 5.97 Å². The van der Waals surface area contributed by atoms with Gasteiger partial charge in [-0.15, -0.1) is 0 Å². The first kappa shape index (κ1) is 10.0. The average molecular weight is 185 g/mol. The molecule has 74 valence electrons. The smallest absolute Gasteiger partial charge is 0.318 e. The molecule has 0 amide bonds. The minimum absolute atomic E-state index is 0.186. The highest BCUT2D eigenvalue weighted by Crippen LogP contribution is 2.21. The molecular weight excluding hydrogens is 170 g/mol. The summed E-state index contributed by atoms with van der Waals surface area (Å²) in [6, 6.07) is 0. The number of carbonyl (C=O) groups is 1. The van der Waals surface area contributed by atoms with Crippen molar-refractivity contribution in [1.29, 1.82) is 0 Å². The highest BCUT2D eigenvalue weighted by molar-refractivity contribution is 6.03. The molecule has 0 N–H and O–H groups in total. The molecule has 0 aromatic rings. The van der Waals surface area contributed by atoms with Gasteiger partial charge in [0.25, 0.3) is 0 Å². The Morgan fingerprint density at radius 1 is 1.62 bits per heavy atom. The van der Waals surface area contributed by atoms with Crippen LogP contribution in [-0.2, 0) is 14.4 Å². The Morgan fingerprint density at radius 3 is 2.85 bits per heavy atom. The van der Waals surface area contributed by atoms with Crippen molar-refractivity contribution in [2.75, 3.05) is 6.61 Å². The van der Waals surface area contributed by atoms with Crippen molar-refractivity contribution in [1.82, 2.24) is 0 Å². The van der Waals surface area contributed by atoms with Crippen LogP contribution in [0.5, 0.6) is 0 Å². The lowest BCUT2D eigenvalue weighted by Crippen LogP contribution is -2.30. The topological polar surface area (TPSA) is 47.9 Å². The molecule has 2 atom stereocenters. The molecule has 0 aliphatic carbocycles. The third kappa shape index (κ3) is 1.99. The number of hydrogen-bond donors (Lipinski definition) is 0. The molecule has 0 fully saturated rings. The molecule has 13 heavy (non-hydrogen) atoms. The monoisotopic (exact) mass is 185 g/mol. The second-order valence-corrected chi connectivity index (χ2v) is 2.98. The zero-order valence-corrected chi connectivity index (χ0v) is 8.24. The fourth-order valence-corrected chi connectivity index (χ4v) is 1.38. The normalized spacial score (nSPS) is 26.5. The van der Waals surface area contributed by atoms with Gasteiger partial charge in [-0.05, 0) is 20.3 Å². The van der Waals surface area contributed by atoms with E-state index >= 15 is 0 Å². The largest absolute Gasteiger partial charge is 0.465 e. The molecule has 1 rings (SSSR count). The van der Waals surface area contributed by atoms with Crippen LogP contribution in [-0.4, -0.2) is 24.4 Å². The fraction of sp³-hybridized carbons (Fsp3) is 0.778. The molecule has 1 aliphatic rings. The summed E-state index contributed by atoms with van der Waals surface area (Å²) in [6.07, 6.45) is 0.544. The van der Waals surface area contributed by atoms with E-state index in [9.17, 15) is 4.79 Å². The van der Waals surface area contributed by atoms with E-state index in [-0.39, 0.29) is 18.0 Å². The minimum Gasteiger partial charge on any atom is -0.465 e. The van der Waals surface area contributed by atoms with Crippen molar-refractivity contribution in [2.45, 2.75) is 33.3 Å². The predicted molar refractivity (Wildman–Crippen MR) is 48.4 cm³/mol. The SMILES string of the molecule is CCOC(=O)C1C(CC)=NOC1C. The van der Waals surface area contributed by atoms with Gasteiger partial charge in [0.15, 0.2) is 0 Å². The molecule has 1 aliphatic heterocycles. The fourth-order valence-electron chi connectivity index (χ4n) is 1.38. The Kier molecular flexibility index (Phi) is 3.28. The van der Waals surface area contributed by atoms with E-state index in [0.29, 0.717) is 6.61 Å². The summed E-state index contributed by atoms with van der Waals surface area (Å²) in [5.74, 6) is -0.530. The van der Waals surface area contributed by atoms with E-state index in [4.69, 9.17) is 9.57 Å². The molecule has 4 heteroatoms. The Hall–Kier alpha value is -1.06. The van der Waals surface area contributed by atoms with Gasteiger partial charge in [0.05, 0.1) is 12.3 Å². The zero-order chi connectivity index (χ0) is 9.84. The molecule has 1 heterocycles. The summed E-state index contributed by atoms with van der Waals surface area (Å²) in [6.45, 7) is 5.97. The van der Waals surface area contributed by atoms with Crippen LogP contribution in [0.4, 0.5) is 0 Å². The first-order valence-electron chi connectivity index (χ1n) is 4.59. The van der Waals surface area contributed by atoms with Crippen LogP contribution in [0, 0.1) is 5.92 Å². The van der Waals surface area contributed by atoms with Gasteiger partial charge in [-0.1, -0.05) is 12.1 Å². The minimum atomic E-state index is -0.301. The highest BCUT2D eigenvalue weighted by atomic mass is 16.6. The first-order chi connectivity index (χ1) is 6.20. The van der Waals surface area contributed by atoms with Gasteiger partial charge in [-0.25, -0.2) is 0 Å². The maximum Gasteiger partial charge on any atom is 0.318 e. The van der Waals surface area contributed by atoms with Crippen molar-refractivity contribution < 1.29 is 14.4 Å². The number of carbonyl (C=O) groups excluding carboxylic acids is 1. The van der Waals surface area contributed by atoms with Gasteiger partial charge < -0.3 is 9.57 Å². The number of hydrogen-bond acceptors (Lipinski definition) is 4. The van der Waals surface area contributed by atoms with Crippen molar-refractivity contribution >= 4 is 11.7 Å². The number of nitrogens with zero attached hydrogens (tertiary/aromatic N) is 1. The second kappa shape index (κ2) is 4.25. The first-order valence-corrected chi connectivity index (χ1v) is 4.59. The van der Waals surface area contributed by atoms with Crippen molar-refractivity contribution in [3.8, 4) is 0 Å². The summed E-state index contributed by atoms with van der Waals surface area (Å²) < 4.78 is 4.93. The zero-order valence-electron chi connectivity index (χ0n) is 8.24. The van der Waals surface area contributed by atoms with Crippen LogP contribution in [0.15, 0.2) is 5.16 Å². The average Bonchev–Trinajstić information content (AvgIpc) is 2.47. The van der Waals surface area contributed by atoms with Crippen LogP contribution >= 0.6 is 0 Å².